The van der Waals surface area contributed by atoms with Crippen LogP contribution in [0.2, 0.25) is 5.21 Å². The molecule has 0 aromatic carbocycles. The molecule has 0 aliphatic heterocycles. The van der Waals surface area contributed by atoms with E-state index < -0.39 is 37.4 Å². The van der Waals surface area contributed by atoms with Crippen LogP contribution in [-0.2, 0) is 22.8 Å². The topological polar surface area (TPSA) is 110 Å². The Hall–Kier alpha value is -0.782. The van der Waals surface area contributed by atoms with E-state index in [2.05, 4.69) is 13.8 Å². The van der Waals surface area contributed by atoms with Gasteiger partial charge in [-0.25, -0.2) is 0 Å². The van der Waals surface area contributed by atoms with Crippen molar-refractivity contribution in [3.63, 3.8) is 0 Å². The van der Waals surface area contributed by atoms with E-state index in [4.69, 9.17) is 9.47 Å². The van der Waals surface area contributed by atoms with Crippen molar-refractivity contribution in [2.75, 3.05) is 6.61 Å². The van der Waals surface area contributed by atoms with Gasteiger partial charge in [-0.2, -0.15) is 0 Å². The first kappa shape index (κ1) is 34.2. The number of unbranched alkanes of at least 4 members (excludes halogenated alkanes) is 16. The fourth-order valence-corrected chi connectivity index (χ4v) is 5.54. The zero-order valence-corrected chi connectivity index (χ0v) is 24.4. The monoisotopic (exact) mass is 564 g/mol. The molecule has 0 fully saturated rings. The Labute approximate surface area is 217 Å². The number of carbonyl (C=O) groups excluding carboxylic acids is 2. The average Bonchev–Trinajstić information content (AvgIpc) is 2.79. The second kappa shape index (κ2) is 23.6. The molecule has 0 aromatic heterocycles. The summed E-state index contributed by atoms with van der Waals surface area (Å²) in [4.78, 5) is 24.1. The van der Waals surface area contributed by atoms with Gasteiger partial charge in [-0.15, -0.1) is 0 Å². The molecule has 8 heteroatoms. The summed E-state index contributed by atoms with van der Waals surface area (Å²) in [5.41, 5.74) is 0. The molecule has 35 heavy (non-hydrogen) atoms. The third-order valence-corrected chi connectivity index (χ3v) is 7.99. The third kappa shape index (κ3) is 26.1. The number of rotatable bonds is 25. The molecule has 208 valence electrons. The van der Waals surface area contributed by atoms with Crippen LogP contribution in [0.3, 0.4) is 0 Å². The number of hydrogen-bond donors (Lipinski definition) is 2. The standard InChI is InChI=1S/C27H53AsO7/c1-3-5-7-9-11-13-15-17-19-21-26(29)34-24-25(23-28(31,32)33)35-27(30)22-20-18-16-14-12-10-8-6-4-2/h25H,3-24H2,1-2H3,(H2,31,32,33)/t25-/m1/s1. The van der Waals surface area contributed by atoms with E-state index >= 15 is 0 Å². The van der Waals surface area contributed by atoms with Gasteiger partial charge in [-0.05, 0) is 0 Å². The molecular weight excluding hydrogens is 511 g/mol. The Morgan fingerprint density at radius 3 is 1.40 bits per heavy atom. The van der Waals surface area contributed by atoms with Crippen LogP contribution < -0.4 is 0 Å². The van der Waals surface area contributed by atoms with Gasteiger partial charge in [0.1, 0.15) is 0 Å². The van der Waals surface area contributed by atoms with E-state index in [0.29, 0.717) is 6.42 Å². The second-order valence-corrected chi connectivity index (χ2v) is 13.4. The SMILES string of the molecule is CCCCCCCCCCCC(=O)OC[C@@H](C[As](=O)(O)O)OC(=O)CCCCCCCCCCC. The molecule has 0 radical (unpaired) electrons. The number of hydrogen-bond acceptors (Lipinski definition) is 5. The first-order valence-electron chi connectivity index (χ1n) is 14.2. The van der Waals surface area contributed by atoms with Gasteiger partial charge in [0.25, 0.3) is 0 Å². The van der Waals surface area contributed by atoms with E-state index in [-0.39, 0.29) is 19.4 Å². The minimum Gasteiger partial charge on any atom is -0.0654 e. The van der Waals surface area contributed by atoms with E-state index in [1.54, 1.807) is 0 Å². The third-order valence-electron chi connectivity index (χ3n) is 6.14. The molecular formula is C27H53AsO7. The quantitative estimate of drug-likeness (QED) is 0.0727. The Bertz CT molecular complexity index is 562. The molecule has 0 saturated carbocycles. The van der Waals surface area contributed by atoms with Crippen molar-refractivity contribution in [3.05, 3.63) is 0 Å². The van der Waals surface area contributed by atoms with Crippen LogP contribution in [0.15, 0.2) is 0 Å². The maximum atomic E-state index is 12.1. The van der Waals surface area contributed by atoms with E-state index in [9.17, 15) is 21.5 Å². The molecule has 0 amide bonds. The molecule has 0 spiro atoms. The smallest absolute Gasteiger partial charge is 0.0654 e. The fourth-order valence-electron chi connectivity index (χ4n) is 4.05. The predicted molar refractivity (Wildman–Crippen MR) is 140 cm³/mol. The fraction of sp³-hybridized carbons (Fsp3) is 0.926. The second-order valence-electron chi connectivity index (χ2n) is 9.80. The summed E-state index contributed by atoms with van der Waals surface area (Å²) < 4.78 is 40.6. The summed E-state index contributed by atoms with van der Waals surface area (Å²) in [6.07, 6.45) is 19.9. The molecule has 0 rings (SSSR count). The average molecular weight is 565 g/mol. The van der Waals surface area contributed by atoms with Gasteiger partial charge in [0.05, 0.1) is 0 Å². The van der Waals surface area contributed by atoms with Crippen LogP contribution in [0, 0.1) is 0 Å². The van der Waals surface area contributed by atoms with Crippen LogP contribution >= 0.6 is 0 Å². The molecule has 0 saturated heterocycles. The number of esters is 2. The predicted octanol–water partition coefficient (Wildman–Crippen LogP) is 6.64. The summed E-state index contributed by atoms with van der Waals surface area (Å²) >= 11 is -5.04. The Balaban J connectivity index is 4.02. The first-order valence-corrected chi connectivity index (χ1v) is 17.9. The van der Waals surface area contributed by atoms with Gasteiger partial charge in [0.15, 0.2) is 0 Å². The van der Waals surface area contributed by atoms with Crippen molar-refractivity contribution < 1.29 is 31.0 Å². The summed E-state index contributed by atoms with van der Waals surface area (Å²) in [5, 5.41) is -0.576. The molecule has 2 N–H and O–H groups in total. The van der Waals surface area contributed by atoms with Gasteiger partial charge in [0, 0.05) is 0 Å². The molecule has 0 bridgehead atoms. The van der Waals surface area contributed by atoms with Crippen molar-refractivity contribution in [2.45, 2.75) is 154 Å². The van der Waals surface area contributed by atoms with Gasteiger partial charge < -0.3 is 0 Å². The van der Waals surface area contributed by atoms with Crippen LogP contribution in [0.4, 0.5) is 0 Å². The summed E-state index contributed by atoms with van der Waals surface area (Å²) in [5.74, 6) is -0.900. The van der Waals surface area contributed by atoms with Crippen molar-refractivity contribution in [3.8, 4) is 0 Å². The molecule has 0 aliphatic rings. The molecule has 0 aromatic rings. The van der Waals surface area contributed by atoms with Gasteiger partial charge >= 0.3 is 171 Å². The Morgan fingerprint density at radius 1 is 0.629 bits per heavy atom. The molecule has 0 unspecified atom stereocenters. The zero-order chi connectivity index (χ0) is 26.2. The Kier molecular flexibility index (Phi) is 23.1. The van der Waals surface area contributed by atoms with Crippen LogP contribution in [0.1, 0.15) is 142 Å². The van der Waals surface area contributed by atoms with Crippen molar-refractivity contribution >= 4 is 26.1 Å². The molecule has 1 atom stereocenters. The molecule has 0 heterocycles. The molecule has 0 aliphatic carbocycles. The van der Waals surface area contributed by atoms with Gasteiger partial charge in [-0.3, -0.25) is 0 Å². The number of ether oxygens (including phenoxy) is 2. The van der Waals surface area contributed by atoms with Crippen LogP contribution in [-0.4, -0.2) is 47.0 Å². The normalized spacial score (nSPS) is 12.5. The van der Waals surface area contributed by atoms with E-state index in [1.807, 2.05) is 0 Å². The Morgan fingerprint density at radius 2 is 1.00 bits per heavy atom. The van der Waals surface area contributed by atoms with Crippen LogP contribution in [0.25, 0.3) is 0 Å². The van der Waals surface area contributed by atoms with Gasteiger partial charge in [-0.1, -0.05) is 46.0 Å². The first-order chi connectivity index (χ1) is 16.8. The minimum absolute atomic E-state index is 0.215. The summed E-state index contributed by atoms with van der Waals surface area (Å²) in [6.45, 7) is 4.11. The number of carbonyl (C=O) groups is 2. The zero-order valence-electron chi connectivity index (χ0n) is 22.5. The maximum absolute atomic E-state index is 12.1. The molecule has 7 nitrogen and oxygen atoms in total. The van der Waals surface area contributed by atoms with Crippen molar-refractivity contribution in [2.24, 2.45) is 0 Å². The summed E-state index contributed by atoms with van der Waals surface area (Å²) in [6, 6.07) is 0. The summed E-state index contributed by atoms with van der Waals surface area (Å²) in [7, 11) is 0. The van der Waals surface area contributed by atoms with Crippen molar-refractivity contribution in [1.29, 1.82) is 0 Å². The van der Waals surface area contributed by atoms with Crippen LogP contribution in [0.5, 0.6) is 0 Å². The van der Waals surface area contributed by atoms with E-state index in [0.717, 1.165) is 38.5 Å². The van der Waals surface area contributed by atoms with Crippen molar-refractivity contribution in [1.82, 2.24) is 0 Å². The van der Waals surface area contributed by atoms with Gasteiger partial charge in [0.2, 0.25) is 0 Å². The van der Waals surface area contributed by atoms with E-state index in [1.165, 1.54) is 70.6 Å². The minimum atomic E-state index is -5.04.